The summed E-state index contributed by atoms with van der Waals surface area (Å²) in [5, 5.41) is 7.11. The Morgan fingerprint density at radius 3 is 3.08 bits per heavy atom. The van der Waals surface area contributed by atoms with E-state index >= 15 is 0 Å². The van der Waals surface area contributed by atoms with Gasteiger partial charge >= 0.3 is 0 Å². The van der Waals surface area contributed by atoms with Gasteiger partial charge in [-0.15, -0.1) is 0 Å². The molecule has 1 aliphatic heterocycles. The van der Waals surface area contributed by atoms with Crippen LogP contribution in [0.3, 0.4) is 0 Å². The van der Waals surface area contributed by atoms with Crippen molar-refractivity contribution in [3.8, 4) is 0 Å². The van der Waals surface area contributed by atoms with Crippen LogP contribution in [0.1, 0.15) is 13.8 Å². The molecule has 1 rings (SSSR count). The fraction of sp³-hybridized carbons (Fsp3) is 0.875. The monoisotopic (exact) mass is 172 g/mol. The van der Waals surface area contributed by atoms with Crippen molar-refractivity contribution in [1.29, 1.82) is 0 Å². The second-order valence-electron chi connectivity index (χ2n) is 3.06. The Morgan fingerprint density at radius 1 is 1.67 bits per heavy atom. The molecule has 1 saturated heterocycles. The second kappa shape index (κ2) is 5.11. The molecule has 0 aliphatic carbocycles. The average Bonchev–Trinajstić information content (AvgIpc) is 2.05. The van der Waals surface area contributed by atoms with E-state index < -0.39 is 0 Å². The summed E-state index contributed by atoms with van der Waals surface area (Å²) in [7, 11) is 0. The largest absolute Gasteiger partial charge is 0.394 e. The van der Waals surface area contributed by atoms with Crippen LogP contribution in [0.15, 0.2) is 5.16 Å². The minimum atomic E-state index is 0.293. The highest BCUT2D eigenvalue weighted by Gasteiger charge is 2.12. The van der Waals surface area contributed by atoms with E-state index in [1.165, 1.54) is 0 Å². The molecule has 12 heavy (non-hydrogen) atoms. The first-order valence-corrected chi connectivity index (χ1v) is 4.23. The predicted octanol–water partition coefficient (Wildman–Crippen LogP) is 0.387. The van der Waals surface area contributed by atoms with Crippen molar-refractivity contribution in [3.63, 3.8) is 0 Å². The zero-order valence-electron chi connectivity index (χ0n) is 7.67. The molecule has 1 fully saturated rings. The van der Waals surface area contributed by atoms with E-state index in [4.69, 9.17) is 9.57 Å². The Kier molecular flexibility index (Phi) is 4.04. The van der Waals surface area contributed by atoms with Crippen LogP contribution in [-0.2, 0) is 9.57 Å². The van der Waals surface area contributed by atoms with E-state index in [0.717, 1.165) is 25.5 Å². The summed E-state index contributed by atoms with van der Waals surface area (Å²) >= 11 is 0. The van der Waals surface area contributed by atoms with E-state index in [9.17, 15) is 0 Å². The standard InChI is InChI=1S/C8H16N2O2/c1-7(2)10-12-6-8-5-11-4-3-9-8/h8-9H,3-6H2,1-2H3/t8-/m1/s1. The highest BCUT2D eigenvalue weighted by atomic mass is 16.6. The number of ether oxygens (including phenoxy) is 1. The van der Waals surface area contributed by atoms with Gasteiger partial charge in [0.05, 0.1) is 25.0 Å². The summed E-state index contributed by atoms with van der Waals surface area (Å²) in [6.07, 6.45) is 0. The lowest BCUT2D eigenvalue weighted by Gasteiger charge is -2.22. The molecule has 0 aromatic carbocycles. The average molecular weight is 172 g/mol. The van der Waals surface area contributed by atoms with Crippen molar-refractivity contribution < 1.29 is 9.57 Å². The Labute approximate surface area is 72.9 Å². The van der Waals surface area contributed by atoms with Crippen LogP contribution in [0.4, 0.5) is 0 Å². The van der Waals surface area contributed by atoms with Crippen molar-refractivity contribution in [1.82, 2.24) is 5.32 Å². The molecule has 0 aromatic heterocycles. The van der Waals surface area contributed by atoms with Crippen molar-refractivity contribution >= 4 is 5.71 Å². The van der Waals surface area contributed by atoms with E-state index in [2.05, 4.69) is 10.5 Å². The summed E-state index contributed by atoms with van der Waals surface area (Å²) in [5.41, 5.74) is 0.937. The van der Waals surface area contributed by atoms with Gasteiger partial charge in [-0.05, 0) is 13.8 Å². The van der Waals surface area contributed by atoms with Gasteiger partial charge in [-0.1, -0.05) is 5.16 Å². The first-order chi connectivity index (χ1) is 5.79. The molecule has 1 atom stereocenters. The molecular formula is C8H16N2O2. The van der Waals surface area contributed by atoms with Crippen LogP contribution in [-0.4, -0.2) is 38.1 Å². The maximum Gasteiger partial charge on any atom is 0.134 e. The fourth-order valence-electron chi connectivity index (χ4n) is 0.983. The summed E-state index contributed by atoms with van der Waals surface area (Å²) in [5.74, 6) is 0. The lowest BCUT2D eigenvalue weighted by Crippen LogP contribution is -2.43. The summed E-state index contributed by atoms with van der Waals surface area (Å²) in [6.45, 7) is 6.83. The second-order valence-corrected chi connectivity index (χ2v) is 3.06. The fourth-order valence-corrected chi connectivity index (χ4v) is 0.983. The van der Waals surface area contributed by atoms with Gasteiger partial charge in [0.15, 0.2) is 0 Å². The van der Waals surface area contributed by atoms with Gasteiger partial charge in [-0.2, -0.15) is 0 Å². The van der Waals surface area contributed by atoms with Crippen LogP contribution in [0.25, 0.3) is 0 Å². The molecular weight excluding hydrogens is 156 g/mol. The Morgan fingerprint density at radius 2 is 2.50 bits per heavy atom. The number of oxime groups is 1. The minimum Gasteiger partial charge on any atom is -0.394 e. The molecule has 1 heterocycles. The Bertz CT molecular complexity index is 149. The third-order valence-electron chi connectivity index (χ3n) is 1.52. The van der Waals surface area contributed by atoms with Crippen molar-refractivity contribution in [2.75, 3.05) is 26.4 Å². The normalized spacial score (nSPS) is 23.3. The van der Waals surface area contributed by atoms with Crippen LogP contribution in [0, 0.1) is 0 Å². The first kappa shape index (κ1) is 9.48. The maximum atomic E-state index is 5.25. The summed E-state index contributed by atoms with van der Waals surface area (Å²) in [4.78, 5) is 5.08. The van der Waals surface area contributed by atoms with Gasteiger partial charge in [0, 0.05) is 6.54 Å². The molecule has 4 nitrogen and oxygen atoms in total. The number of hydrogen-bond donors (Lipinski definition) is 1. The Balaban J connectivity index is 2.09. The topological polar surface area (TPSA) is 42.9 Å². The molecule has 0 saturated carbocycles. The molecule has 70 valence electrons. The van der Waals surface area contributed by atoms with Gasteiger partial charge in [0.25, 0.3) is 0 Å². The number of nitrogens with zero attached hydrogens (tertiary/aromatic N) is 1. The molecule has 0 unspecified atom stereocenters. The molecule has 4 heteroatoms. The highest BCUT2D eigenvalue weighted by molar-refractivity contribution is 5.78. The van der Waals surface area contributed by atoms with Crippen LogP contribution < -0.4 is 5.32 Å². The number of hydrogen-bond acceptors (Lipinski definition) is 4. The van der Waals surface area contributed by atoms with Gasteiger partial charge in [0.1, 0.15) is 6.61 Å². The van der Waals surface area contributed by atoms with Crippen LogP contribution in [0.5, 0.6) is 0 Å². The van der Waals surface area contributed by atoms with E-state index in [0.29, 0.717) is 12.6 Å². The number of morpholine rings is 1. The SMILES string of the molecule is CC(C)=NOC[C@H]1COCCN1. The molecule has 0 amide bonds. The predicted molar refractivity (Wildman–Crippen MR) is 47.3 cm³/mol. The molecule has 1 N–H and O–H groups in total. The van der Waals surface area contributed by atoms with Gasteiger partial charge in [-0.25, -0.2) is 0 Å². The quantitative estimate of drug-likeness (QED) is 0.494. The van der Waals surface area contributed by atoms with Crippen LogP contribution in [0.2, 0.25) is 0 Å². The van der Waals surface area contributed by atoms with E-state index in [1.54, 1.807) is 0 Å². The molecule has 0 aromatic rings. The van der Waals surface area contributed by atoms with Crippen LogP contribution >= 0.6 is 0 Å². The lowest BCUT2D eigenvalue weighted by molar-refractivity contribution is 0.0309. The summed E-state index contributed by atoms with van der Waals surface area (Å²) in [6, 6.07) is 0.293. The molecule has 0 radical (unpaired) electrons. The van der Waals surface area contributed by atoms with Gasteiger partial charge < -0.3 is 14.9 Å². The highest BCUT2D eigenvalue weighted by Crippen LogP contribution is 1.94. The smallest absolute Gasteiger partial charge is 0.134 e. The third kappa shape index (κ3) is 3.69. The van der Waals surface area contributed by atoms with Gasteiger partial charge in [-0.3, -0.25) is 0 Å². The summed E-state index contributed by atoms with van der Waals surface area (Å²) < 4.78 is 5.25. The minimum absolute atomic E-state index is 0.293. The van der Waals surface area contributed by atoms with Crippen molar-refractivity contribution in [3.05, 3.63) is 0 Å². The maximum absolute atomic E-state index is 5.25. The number of rotatable bonds is 3. The lowest BCUT2D eigenvalue weighted by atomic mass is 10.3. The molecule has 0 bridgehead atoms. The zero-order valence-corrected chi connectivity index (χ0v) is 7.67. The van der Waals surface area contributed by atoms with E-state index in [-0.39, 0.29) is 0 Å². The van der Waals surface area contributed by atoms with Gasteiger partial charge in [0.2, 0.25) is 0 Å². The Hall–Kier alpha value is -0.610. The van der Waals surface area contributed by atoms with E-state index in [1.807, 2.05) is 13.8 Å². The molecule has 1 aliphatic rings. The third-order valence-corrected chi connectivity index (χ3v) is 1.52. The molecule has 0 spiro atoms. The van der Waals surface area contributed by atoms with Crippen molar-refractivity contribution in [2.24, 2.45) is 5.16 Å². The van der Waals surface area contributed by atoms with Crippen molar-refractivity contribution in [2.45, 2.75) is 19.9 Å². The first-order valence-electron chi connectivity index (χ1n) is 4.23. The zero-order chi connectivity index (χ0) is 8.81. The number of nitrogens with one attached hydrogen (secondary N) is 1.